The summed E-state index contributed by atoms with van der Waals surface area (Å²) in [6.45, 7) is 7.38. The number of carbonyl (C=O) groups excluding carboxylic acids is 1. The van der Waals surface area contributed by atoms with Gasteiger partial charge in [-0.05, 0) is 80.0 Å². The Morgan fingerprint density at radius 3 is 2.29 bits per heavy atom. The molecule has 0 saturated heterocycles. The van der Waals surface area contributed by atoms with Crippen LogP contribution in [0.4, 0.5) is 5.69 Å². The van der Waals surface area contributed by atoms with Crippen LogP contribution in [0.5, 0.6) is 0 Å². The van der Waals surface area contributed by atoms with E-state index in [9.17, 15) is 13.2 Å². The molecule has 8 heteroatoms. The molecule has 0 bridgehead atoms. The molecule has 0 aliphatic carbocycles. The molecule has 3 aromatic rings. The highest BCUT2D eigenvalue weighted by molar-refractivity contribution is 7.89. The summed E-state index contributed by atoms with van der Waals surface area (Å²) in [6, 6.07) is 18.0. The van der Waals surface area contributed by atoms with Crippen molar-refractivity contribution in [3.05, 3.63) is 89.7 Å². The number of anilines is 1. The number of pyridine rings is 1. The first-order valence-electron chi connectivity index (χ1n) is 11.9. The average molecular weight is 495 g/mol. The van der Waals surface area contributed by atoms with Gasteiger partial charge in [0, 0.05) is 37.2 Å². The second kappa shape index (κ2) is 12.6. The Morgan fingerprint density at radius 2 is 1.60 bits per heavy atom. The Bertz CT molecular complexity index is 1210. The Hall–Kier alpha value is -3.07. The van der Waals surface area contributed by atoms with E-state index in [0.29, 0.717) is 18.5 Å². The Balaban J connectivity index is 1.67. The molecule has 0 atom stereocenters. The summed E-state index contributed by atoms with van der Waals surface area (Å²) in [5.41, 5.74) is 3.13. The maximum atomic E-state index is 13.0. The van der Waals surface area contributed by atoms with Crippen LogP contribution in [0.25, 0.3) is 0 Å². The fraction of sp³-hybridized carbons (Fsp3) is 0.333. The maximum absolute atomic E-state index is 13.0. The van der Waals surface area contributed by atoms with Gasteiger partial charge in [0.1, 0.15) is 0 Å². The van der Waals surface area contributed by atoms with Gasteiger partial charge in [-0.2, -0.15) is 0 Å². The molecular weight excluding hydrogens is 460 g/mol. The summed E-state index contributed by atoms with van der Waals surface area (Å²) in [4.78, 5) is 21.1. The lowest BCUT2D eigenvalue weighted by Crippen LogP contribution is -2.30. The molecule has 2 aromatic carbocycles. The van der Waals surface area contributed by atoms with E-state index in [4.69, 9.17) is 0 Å². The number of rotatable bonds is 12. The van der Waals surface area contributed by atoms with Crippen LogP contribution < -0.4 is 9.62 Å². The summed E-state index contributed by atoms with van der Waals surface area (Å²) in [6.07, 6.45) is 4.58. The fourth-order valence-electron chi connectivity index (χ4n) is 3.88. The number of benzene rings is 2. The molecule has 1 N–H and O–H groups in total. The van der Waals surface area contributed by atoms with Crippen LogP contribution in [-0.4, -0.2) is 57.4 Å². The smallest absolute Gasteiger partial charge is 0.258 e. The Kier molecular flexibility index (Phi) is 9.54. The second-order valence-electron chi connectivity index (χ2n) is 8.37. The zero-order valence-electron chi connectivity index (χ0n) is 20.6. The monoisotopic (exact) mass is 494 g/mol. The first kappa shape index (κ1) is 26.5. The average Bonchev–Trinajstić information content (AvgIpc) is 2.89. The fourth-order valence-corrected chi connectivity index (χ4v) is 5.03. The third-order valence-corrected chi connectivity index (χ3v) is 7.44. The molecule has 0 fully saturated rings. The largest absolute Gasteiger partial charge is 0.311 e. The van der Waals surface area contributed by atoms with Gasteiger partial charge in [0.05, 0.1) is 4.90 Å². The molecule has 0 radical (unpaired) electrons. The van der Waals surface area contributed by atoms with Gasteiger partial charge in [-0.15, -0.1) is 0 Å². The van der Waals surface area contributed by atoms with Gasteiger partial charge >= 0.3 is 0 Å². The van der Waals surface area contributed by atoms with E-state index in [1.54, 1.807) is 60.7 Å². The third kappa shape index (κ3) is 7.45. The van der Waals surface area contributed by atoms with Gasteiger partial charge in [-0.3, -0.25) is 9.78 Å². The van der Waals surface area contributed by atoms with Crippen LogP contribution in [0.3, 0.4) is 0 Å². The molecule has 186 valence electrons. The highest BCUT2D eigenvalue weighted by Crippen LogP contribution is 2.18. The molecule has 0 aliphatic heterocycles. The summed E-state index contributed by atoms with van der Waals surface area (Å²) < 4.78 is 28.3. The minimum atomic E-state index is -3.58. The van der Waals surface area contributed by atoms with E-state index in [2.05, 4.69) is 28.5 Å². The normalized spacial score (nSPS) is 11.5. The first-order valence-corrected chi connectivity index (χ1v) is 13.4. The minimum absolute atomic E-state index is 0.122. The number of sulfonamides is 1. The lowest BCUT2D eigenvalue weighted by Gasteiger charge is -2.18. The first-order chi connectivity index (χ1) is 16.8. The predicted molar refractivity (Wildman–Crippen MR) is 140 cm³/mol. The number of hydrogen-bond donors (Lipinski definition) is 1. The Labute approximate surface area is 208 Å². The van der Waals surface area contributed by atoms with Gasteiger partial charge in [0.25, 0.3) is 5.91 Å². The van der Waals surface area contributed by atoms with Gasteiger partial charge in [0.2, 0.25) is 10.0 Å². The van der Waals surface area contributed by atoms with Crippen LogP contribution in [0.2, 0.25) is 0 Å². The lowest BCUT2D eigenvalue weighted by atomic mass is 10.0. The van der Waals surface area contributed by atoms with Crippen LogP contribution in [0.1, 0.15) is 41.8 Å². The lowest BCUT2D eigenvalue weighted by molar-refractivity contribution is 0.0993. The van der Waals surface area contributed by atoms with Crippen molar-refractivity contribution in [1.82, 2.24) is 14.6 Å². The molecule has 35 heavy (non-hydrogen) atoms. The van der Waals surface area contributed by atoms with Crippen molar-refractivity contribution in [1.29, 1.82) is 0 Å². The SMILES string of the molecule is CCN(CC)CCCNS(=O)(=O)c1cccc(Cc2cccc(C(=O)N(C)c3ccncc3)c2)c1. The zero-order valence-corrected chi connectivity index (χ0v) is 21.5. The van der Waals surface area contributed by atoms with Crippen molar-refractivity contribution in [3.63, 3.8) is 0 Å². The van der Waals surface area contributed by atoms with Crippen molar-refractivity contribution in [2.24, 2.45) is 0 Å². The molecule has 0 aliphatic rings. The predicted octanol–water partition coefficient (Wildman–Crippen LogP) is 3.96. The van der Waals surface area contributed by atoms with Crippen LogP contribution in [0, 0.1) is 0 Å². The van der Waals surface area contributed by atoms with Crippen LogP contribution >= 0.6 is 0 Å². The van der Waals surface area contributed by atoms with E-state index in [-0.39, 0.29) is 10.8 Å². The van der Waals surface area contributed by atoms with E-state index in [0.717, 1.165) is 42.9 Å². The molecular formula is C27H34N4O3S. The highest BCUT2D eigenvalue weighted by atomic mass is 32.2. The minimum Gasteiger partial charge on any atom is -0.311 e. The zero-order chi connectivity index (χ0) is 25.3. The van der Waals surface area contributed by atoms with Crippen molar-refractivity contribution in [3.8, 4) is 0 Å². The summed E-state index contributed by atoms with van der Waals surface area (Å²) >= 11 is 0. The van der Waals surface area contributed by atoms with Crippen LogP contribution in [0.15, 0.2) is 78.0 Å². The highest BCUT2D eigenvalue weighted by Gasteiger charge is 2.16. The molecule has 1 amide bonds. The maximum Gasteiger partial charge on any atom is 0.258 e. The van der Waals surface area contributed by atoms with Crippen molar-refractivity contribution in [2.75, 3.05) is 38.1 Å². The van der Waals surface area contributed by atoms with Crippen molar-refractivity contribution in [2.45, 2.75) is 31.6 Å². The molecule has 3 rings (SSSR count). The van der Waals surface area contributed by atoms with Gasteiger partial charge in [-0.1, -0.05) is 38.1 Å². The third-order valence-electron chi connectivity index (χ3n) is 5.98. The molecule has 1 aromatic heterocycles. The van der Waals surface area contributed by atoms with E-state index in [1.807, 2.05) is 24.3 Å². The van der Waals surface area contributed by atoms with Crippen molar-refractivity contribution >= 4 is 21.6 Å². The van der Waals surface area contributed by atoms with Crippen LogP contribution in [-0.2, 0) is 16.4 Å². The van der Waals surface area contributed by atoms with Crippen molar-refractivity contribution < 1.29 is 13.2 Å². The molecule has 0 unspecified atom stereocenters. The van der Waals surface area contributed by atoms with E-state index < -0.39 is 10.0 Å². The number of aromatic nitrogens is 1. The Morgan fingerprint density at radius 1 is 0.943 bits per heavy atom. The molecule has 0 saturated carbocycles. The number of nitrogens with one attached hydrogen (secondary N) is 1. The standard InChI is InChI=1S/C27H34N4O3S/c1-4-31(5-2)18-8-15-29-35(33,34)26-12-7-10-23(21-26)19-22-9-6-11-24(20-22)27(32)30(3)25-13-16-28-17-14-25/h6-7,9-14,16-17,20-21,29H,4-5,8,15,18-19H2,1-3H3. The topological polar surface area (TPSA) is 82.6 Å². The van der Waals surface area contributed by atoms with Gasteiger partial charge in [-0.25, -0.2) is 13.1 Å². The number of nitrogens with zero attached hydrogens (tertiary/aromatic N) is 3. The molecule has 1 heterocycles. The number of amides is 1. The number of carbonyl (C=O) groups is 1. The molecule has 0 spiro atoms. The number of hydrogen-bond acceptors (Lipinski definition) is 5. The van der Waals surface area contributed by atoms with Gasteiger partial charge in [0.15, 0.2) is 0 Å². The summed E-state index contributed by atoms with van der Waals surface area (Å²) in [5, 5.41) is 0. The summed E-state index contributed by atoms with van der Waals surface area (Å²) in [7, 11) is -1.85. The van der Waals surface area contributed by atoms with Gasteiger partial charge < -0.3 is 9.80 Å². The quantitative estimate of drug-likeness (QED) is 0.386. The molecule has 7 nitrogen and oxygen atoms in total. The second-order valence-corrected chi connectivity index (χ2v) is 10.1. The van der Waals surface area contributed by atoms with E-state index >= 15 is 0 Å². The summed E-state index contributed by atoms with van der Waals surface area (Å²) in [5.74, 6) is -0.122. The van der Waals surface area contributed by atoms with E-state index in [1.165, 1.54) is 0 Å².